The molecule has 0 saturated heterocycles. The second kappa shape index (κ2) is 12.3. The zero-order valence-electron chi connectivity index (χ0n) is 8.28. The molecule has 0 spiro atoms. The highest BCUT2D eigenvalue weighted by atomic mass is 14.8. The van der Waals surface area contributed by atoms with Gasteiger partial charge in [0, 0.05) is 6.54 Å². The Bertz CT molecular complexity index is 70.0. The van der Waals surface area contributed by atoms with E-state index in [1.165, 1.54) is 0 Å². The van der Waals surface area contributed by atoms with E-state index in [1.807, 2.05) is 20.2 Å². The summed E-state index contributed by atoms with van der Waals surface area (Å²) in [7, 11) is 3.86. The molecule has 0 fully saturated rings. The summed E-state index contributed by atoms with van der Waals surface area (Å²) in [5.41, 5.74) is 0. The fourth-order valence-electron chi connectivity index (χ4n) is 0.553. The van der Waals surface area contributed by atoms with Gasteiger partial charge in [0.05, 0.1) is 0 Å². The first-order valence-corrected chi connectivity index (χ1v) is 4.09. The molecule has 0 aromatic rings. The van der Waals surface area contributed by atoms with Gasteiger partial charge in [0.25, 0.3) is 0 Å². The van der Waals surface area contributed by atoms with Crippen LogP contribution in [0.1, 0.15) is 13.8 Å². The second-order valence-corrected chi connectivity index (χ2v) is 2.80. The van der Waals surface area contributed by atoms with Crippen LogP contribution >= 0.6 is 0 Å². The van der Waals surface area contributed by atoms with Crippen LogP contribution in [0.15, 0.2) is 12.7 Å². The van der Waals surface area contributed by atoms with Crippen molar-refractivity contribution in [1.29, 1.82) is 0 Å². The lowest BCUT2D eigenvalue weighted by Crippen LogP contribution is -2.12. The first-order chi connectivity index (χ1) is 5.18. The summed E-state index contributed by atoms with van der Waals surface area (Å²) in [6.07, 6.45) is 1.82. The lowest BCUT2D eigenvalue weighted by molar-refractivity contribution is 0.595. The highest BCUT2D eigenvalue weighted by molar-refractivity contribution is 4.66. The van der Waals surface area contributed by atoms with E-state index in [4.69, 9.17) is 0 Å². The van der Waals surface area contributed by atoms with Crippen LogP contribution in [0, 0.1) is 5.92 Å². The summed E-state index contributed by atoms with van der Waals surface area (Å²) in [4.78, 5) is 0. The molecule has 0 saturated carbocycles. The highest BCUT2D eigenvalue weighted by Crippen LogP contribution is 1.83. The predicted octanol–water partition coefficient (Wildman–Crippen LogP) is 1.25. The monoisotopic (exact) mass is 158 g/mol. The fraction of sp³-hybridized carbons (Fsp3) is 0.778. The Hall–Kier alpha value is -0.340. The van der Waals surface area contributed by atoms with E-state index in [2.05, 4.69) is 31.1 Å². The number of nitrogens with one attached hydrogen (secondary N) is 2. The van der Waals surface area contributed by atoms with Gasteiger partial charge in [-0.2, -0.15) is 0 Å². The largest absolute Gasteiger partial charge is 0.319 e. The van der Waals surface area contributed by atoms with E-state index >= 15 is 0 Å². The Balaban J connectivity index is 0. The third-order valence-electron chi connectivity index (χ3n) is 0.961. The number of hydrogen-bond donors (Lipinski definition) is 2. The molecule has 2 heteroatoms. The van der Waals surface area contributed by atoms with Crippen molar-refractivity contribution in [3.05, 3.63) is 12.7 Å². The number of rotatable bonds is 4. The third kappa shape index (κ3) is 26.1. The van der Waals surface area contributed by atoms with E-state index in [1.54, 1.807) is 0 Å². The van der Waals surface area contributed by atoms with Crippen LogP contribution in [0.2, 0.25) is 0 Å². The maximum absolute atomic E-state index is 3.49. The van der Waals surface area contributed by atoms with Crippen LogP contribution in [0.5, 0.6) is 0 Å². The molecule has 2 N–H and O–H groups in total. The molecule has 0 aliphatic carbocycles. The predicted molar refractivity (Wildman–Crippen MR) is 52.9 cm³/mol. The zero-order chi connectivity index (χ0) is 9.11. The Morgan fingerprint density at radius 2 is 1.82 bits per heavy atom. The normalized spacial score (nSPS) is 8.82. The van der Waals surface area contributed by atoms with Crippen LogP contribution < -0.4 is 10.6 Å². The highest BCUT2D eigenvalue weighted by Gasteiger charge is 1.84. The summed E-state index contributed by atoms with van der Waals surface area (Å²) < 4.78 is 0. The molecule has 0 radical (unpaired) electrons. The minimum Gasteiger partial charge on any atom is -0.319 e. The average molecular weight is 158 g/mol. The lowest BCUT2D eigenvalue weighted by Gasteiger charge is -1.98. The van der Waals surface area contributed by atoms with Gasteiger partial charge in [0.2, 0.25) is 0 Å². The molecule has 0 atom stereocenters. The number of hydrogen-bond acceptors (Lipinski definition) is 2. The van der Waals surface area contributed by atoms with Crippen LogP contribution in [-0.2, 0) is 0 Å². The van der Waals surface area contributed by atoms with Gasteiger partial charge in [-0.3, -0.25) is 0 Å². The quantitative estimate of drug-likeness (QED) is 0.602. The smallest absolute Gasteiger partial charge is 0.0129 e. The lowest BCUT2D eigenvalue weighted by atomic mass is 10.2. The van der Waals surface area contributed by atoms with Crippen molar-refractivity contribution in [3.8, 4) is 0 Å². The van der Waals surface area contributed by atoms with Crippen molar-refractivity contribution >= 4 is 0 Å². The van der Waals surface area contributed by atoms with Crippen LogP contribution in [0.4, 0.5) is 0 Å². The van der Waals surface area contributed by atoms with Gasteiger partial charge < -0.3 is 10.6 Å². The molecule has 0 bridgehead atoms. The van der Waals surface area contributed by atoms with Crippen molar-refractivity contribution < 1.29 is 0 Å². The molecule has 0 rings (SSSR count). The van der Waals surface area contributed by atoms with E-state index in [0.717, 1.165) is 19.0 Å². The van der Waals surface area contributed by atoms with E-state index in [0.29, 0.717) is 0 Å². The molecule has 11 heavy (non-hydrogen) atoms. The molecule has 0 aliphatic heterocycles. The zero-order valence-corrected chi connectivity index (χ0v) is 8.28. The van der Waals surface area contributed by atoms with Gasteiger partial charge in [-0.15, -0.1) is 6.58 Å². The van der Waals surface area contributed by atoms with Crippen molar-refractivity contribution in [1.82, 2.24) is 10.6 Å². The average Bonchev–Trinajstić information content (AvgIpc) is 1.90. The first kappa shape index (κ1) is 13.3. The topological polar surface area (TPSA) is 24.1 Å². The Labute approximate surface area is 71.1 Å². The van der Waals surface area contributed by atoms with Crippen molar-refractivity contribution in [2.75, 3.05) is 27.2 Å². The van der Waals surface area contributed by atoms with Crippen LogP contribution in [0.3, 0.4) is 0 Å². The standard InChI is InChI=1S/C5H13N.C4H9N/c1-5(2)4-6-3;1-3-4-5-2/h5-6H,4H2,1-3H3;3,5H,1,4H2,2H3. The summed E-state index contributed by atoms with van der Waals surface area (Å²) >= 11 is 0. The molecule has 2 nitrogen and oxygen atoms in total. The molecule has 68 valence electrons. The summed E-state index contributed by atoms with van der Waals surface area (Å²) in [5, 5.41) is 5.97. The Kier molecular flexibility index (Phi) is 14.9. The molecule has 0 aromatic heterocycles. The van der Waals surface area contributed by atoms with Gasteiger partial charge in [-0.25, -0.2) is 0 Å². The van der Waals surface area contributed by atoms with Gasteiger partial charge in [0.15, 0.2) is 0 Å². The third-order valence-corrected chi connectivity index (χ3v) is 0.961. The molecular weight excluding hydrogens is 136 g/mol. The van der Waals surface area contributed by atoms with Crippen molar-refractivity contribution in [3.63, 3.8) is 0 Å². The molecule has 0 aliphatic rings. The van der Waals surface area contributed by atoms with Crippen LogP contribution in [0.25, 0.3) is 0 Å². The Morgan fingerprint density at radius 1 is 1.27 bits per heavy atom. The molecule has 0 aromatic carbocycles. The fourth-order valence-corrected chi connectivity index (χ4v) is 0.553. The Morgan fingerprint density at radius 3 is 1.82 bits per heavy atom. The van der Waals surface area contributed by atoms with Gasteiger partial charge in [-0.05, 0) is 26.6 Å². The summed E-state index contributed by atoms with van der Waals surface area (Å²) in [6.45, 7) is 9.90. The minimum atomic E-state index is 0.787. The maximum atomic E-state index is 3.49. The molecular formula is C9H22N2. The summed E-state index contributed by atoms with van der Waals surface area (Å²) in [6, 6.07) is 0. The van der Waals surface area contributed by atoms with Gasteiger partial charge >= 0.3 is 0 Å². The van der Waals surface area contributed by atoms with Crippen molar-refractivity contribution in [2.45, 2.75) is 13.8 Å². The first-order valence-electron chi connectivity index (χ1n) is 4.09. The van der Waals surface area contributed by atoms with Gasteiger partial charge in [0.1, 0.15) is 0 Å². The van der Waals surface area contributed by atoms with E-state index in [-0.39, 0.29) is 0 Å². The second-order valence-electron chi connectivity index (χ2n) is 2.80. The van der Waals surface area contributed by atoms with Crippen LogP contribution in [-0.4, -0.2) is 27.2 Å². The van der Waals surface area contributed by atoms with Crippen molar-refractivity contribution in [2.24, 2.45) is 5.92 Å². The SMILES string of the molecule is C=CCNC.CNCC(C)C. The maximum Gasteiger partial charge on any atom is 0.0129 e. The molecule has 0 amide bonds. The molecule has 0 heterocycles. The van der Waals surface area contributed by atoms with E-state index in [9.17, 15) is 0 Å². The summed E-state index contributed by atoms with van der Waals surface area (Å²) in [5.74, 6) is 0.787. The van der Waals surface area contributed by atoms with Gasteiger partial charge in [-0.1, -0.05) is 19.9 Å². The molecule has 0 unspecified atom stereocenters. The van der Waals surface area contributed by atoms with E-state index < -0.39 is 0 Å². The minimum absolute atomic E-state index is 0.787. The number of likely N-dealkylation sites (N-methyl/N-ethyl adjacent to an activating group) is 1.